The molecular formula is C46H63N13O12S2. The van der Waals surface area contributed by atoms with Crippen molar-refractivity contribution in [2.24, 2.45) is 14.1 Å². The first-order valence-corrected chi connectivity index (χ1v) is 27.2. The molecule has 0 spiro atoms. The van der Waals surface area contributed by atoms with E-state index in [1.165, 1.54) is 33.6 Å². The molecule has 0 amide bonds. The molecule has 8 rings (SSSR count). The van der Waals surface area contributed by atoms with Crippen LogP contribution in [0.1, 0.15) is 64.8 Å². The van der Waals surface area contributed by atoms with Crippen molar-refractivity contribution in [1.29, 1.82) is 0 Å². The van der Waals surface area contributed by atoms with Crippen LogP contribution in [0.4, 0.5) is 0 Å². The molecule has 6 heterocycles. The number of sulfonamides is 2. The number of aliphatic hydroxyl groups excluding tert-OH is 1. The van der Waals surface area contributed by atoms with Crippen LogP contribution in [0.25, 0.3) is 44.8 Å². The highest BCUT2D eigenvalue weighted by Gasteiger charge is 2.33. The molecule has 396 valence electrons. The predicted molar refractivity (Wildman–Crippen MR) is 270 cm³/mol. The van der Waals surface area contributed by atoms with Gasteiger partial charge in [-0.2, -0.15) is 10.2 Å². The molecule has 0 atom stereocenters. The van der Waals surface area contributed by atoms with Crippen LogP contribution in [-0.2, 0) is 51.8 Å². The number of aryl methyl sites for hydroxylation is 4. The maximum Gasteiger partial charge on any atom is 0.294 e. The maximum absolute atomic E-state index is 13.2. The minimum Gasteiger partial charge on any atom is -0.493 e. The Labute approximate surface area is 421 Å². The fourth-order valence-electron chi connectivity index (χ4n) is 8.79. The summed E-state index contributed by atoms with van der Waals surface area (Å²) >= 11 is 0. The van der Waals surface area contributed by atoms with Crippen LogP contribution in [0.15, 0.2) is 55.8 Å². The summed E-state index contributed by atoms with van der Waals surface area (Å²) in [5.41, 5.74) is 3.11. The van der Waals surface area contributed by atoms with Gasteiger partial charge in [0, 0.05) is 72.1 Å². The van der Waals surface area contributed by atoms with Crippen molar-refractivity contribution < 1.29 is 41.3 Å². The number of hydrogen-bond acceptors (Lipinski definition) is 18. The number of hydrogen-bond donors (Lipinski definition) is 5. The zero-order chi connectivity index (χ0) is 52.6. The number of benzene rings is 2. The maximum atomic E-state index is 13.2. The summed E-state index contributed by atoms with van der Waals surface area (Å²) in [6.07, 6.45) is 4.11. The fraction of sp³-hybridized carbons (Fsp3) is 0.522. The molecule has 2 aliphatic rings. The van der Waals surface area contributed by atoms with Crippen molar-refractivity contribution in [3.63, 3.8) is 0 Å². The van der Waals surface area contributed by atoms with Gasteiger partial charge in [-0.3, -0.25) is 23.9 Å². The van der Waals surface area contributed by atoms with Crippen molar-refractivity contribution >= 4 is 42.1 Å². The van der Waals surface area contributed by atoms with E-state index in [-0.39, 0.29) is 57.9 Å². The Kier molecular flexibility index (Phi) is 17.6. The third kappa shape index (κ3) is 12.7. The SMILES string of the molecule is CCCc1nn(C)c2c(=O)[nH]c(-c3cc(S(=O)(=O)NC4CN(CCCO)C4)ccc3OCC)nc12.CCCc1nn(C)c2c(=O)[nH]c(-c3cc(S(=O)(=O)NC4CN(CCCO[N+](=O)[O-])C4)ccc3OCC)nc12. The number of aromatic nitrogens is 8. The highest BCUT2D eigenvalue weighted by Crippen LogP contribution is 2.33. The van der Waals surface area contributed by atoms with Gasteiger partial charge in [0.25, 0.3) is 16.2 Å². The smallest absolute Gasteiger partial charge is 0.294 e. The van der Waals surface area contributed by atoms with Crippen molar-refractivity contribution in [1.82, 2.24) is 58.7 Å². The van der Waals surface area contributed by atoms with Crippen LogP contribution in [0.5, 0.6) is 11.5 Å². The molecule has 2 aliphatic heterocycles. The first kappa shape index (κ1) is 54.4. The minimum atomic E-state index is -3.89. The normalized spacial score (nSPS) is 14.7. The first-order valence-electron chi connectivity index (χ1n) is 24.2. The van der Waals surface area contributed by atoms with E-state index in [9.17, 15) is 36.5 Å². The number of nitrogens with one attached hydrogen (secondary N) is 4. The summed E-state index contributed by atoms with van der Waals surface area (Å²) in [5.74, 6) is 1.24. The number of H-pyrrole nitrogens is 2. The summed E-state index contributed by atoms with van der Waals surface area (Å²) < 4.78 is 72.5. The van der Waals surface area contributed by atoms with E-state index in [2.05, 4.69) is 49.3 Å². The van der Waals surface area contributed by atoms with E-state index in [1.807, 2.05) is 32.6 Å². The molecule has 0 unspecified atom stereocenters. The zero-order valence-corrected chi connectivity index (χ0v) is 43.3. The molecule has 6 aromatic rings. The molecule has 0 saturated carbocycles. The lowest BCUT2D eigenvalue weighted by atomic mass is 10.1. The highest BCUT2D eigenvalue weighted by molar-refractivity contribution is 7.89. The van der Waals surface area contributed by atoms with Crippen LogP contribution in [-0.4, -0.2) is 154 Å². The molecule has 4 aromatic heterocycles. The highest BCUT2D eigenvalue weighted by atomic mass is 32.2. The number of aromatic amines is 2. The Morgan fingerprint density at radius 3 is 1.52 bits per heavy atom. The second-order valence-corrected chi connectivity index (χ2v) is 21.1. The molecule has 73 heavy (non-hydrogen) atoms. The summed E-state index contributed by atoms with van der Waals surface area (Å²) in [7, 11) is -4.31. The lowest BCUT2D eigenvalue weighted by Crippen LogP contribution is -2.59. The molecule has 0 aliphatic carbocycles. The molecule has 0 radical (unpaired) electrons. The van der Waals surface area contributed by atoms with E-state index >= 15 is 0 Å². The molecular weight excluding hydrogens is 991 g/mol. The van der Waals surface area contributed by atoms with E-state index in [0.717, 1.165) is 25.1 Å². The summed E-state index contributed by atoms with van der Waals surface area (Å²) in [5, 5.41) is 27.2. The molecule has 2 aromatic carbocycles. The van der Waals surface area contributed by atoms with Crippen LogP contribution in [0.2, 0.25) is 0 Å². The topological polar surface area (TPSA) is 317 Å². The fourth-order valence-corrected chi connectivity index (χ4v) is 11.3. The van der Waals surface area contributed by atoms with Crippen LogP contribution in [0, 0.1) is 10.1 Å². The van der Waals surface area contributed by atoms with Crippen LogP contribution in [0.3, 0.4) is 0 Å². The van der Waals surface area contributed by atoms with Gasteiger partial charge >= 0.3 is 0 Å². The molecule has 0 bridgehead atoms. The van der Waals surface area contributed by atoms with Gasteiger partial charge in [0.05, 0.1) is 52.1 Å². The summed E-state index contributed by atoms with van der Waals surface area (Å²) in [6, 6.07) is 8.50. The number of nitrogens with zero attached hydrogens (tertiary/aromatic N) is 9. The van der Waals surface area contributed by atoms with Crippen LogP contribution >= 0.6 is 0 Å². The van der Waals surface area contributed by atoms with Gasteiger partial charge in [0.15, 0.2) is 11.0 Å². The lowest BCUT2D eigenvalue weighted by molar-refractivity contribution is -0.757. The Balaban J connectivity index is 0.000000214. The van der Waals surface area contributed by atoms with Gasteiger partial charge in [-0.25, -0.2) is 36.2 Å². The third-order valence-electron chi connectivity index (χ3n) is 12.1. The molecule has 2 saturated heterocycles. The average molecular weight is 1050 g/mol. The van der Waals surface area contributed by atoms with Gasteiger partial charge in [-0.1, -0.05) is 26.7 Å². The second kappa shape index (κ2) is 23.7. The lowest BCUT2D eigenvalue weighted by Gasteiger charge is -2.39. The summed E-state index contributed by atoms with van der Waals surface area (Å²) in [4.78, 5) is 59.4. The quantitative estimate of drug-likeness (QED) is 0.0330. The van der Waals surface area contributed by atoms with Crippen molar-refractivity contribution in [3.05, 3.63) is 78.6 Å². The van der Waals surface area contributed by atoms with Gasteiger partial charge in [-0.15, -0.1) is 10.1 Å². The van der Waals surface area contributed by atoms with Gasteiger partial charge < -0.3 is 34.3 Å². The van der Waals surface area contributed by atoms with E-state index in [1.54, 1.807) is 26.2 Å². The first-order chi connectivity index (χ1) is 34.9. The Bertz CT molecular complexity index is 3270. The Hall–Kier alpha value is -6.36. The molecule has 5 N–H and O–H groups in total. The molecule has 2 fully saturated rings. The molecule has 27 heteroatoms. The summed E-state index contributed by atoms with van der Waals surface area (Å²) in [6.45, 7) is 11.9. The van der Waals surface area contributed by atoms with Crippen molar-refractivity contribution in [3.8, 4) is 34.3 Å². The number of ether oxygens (including phenoxy) is 2. The van der Waals surface area contributed by atoms with Crippen LogP contribution < -0.4 is 30.0 Å². The van der Waals surface area contributed by atoms with E-state index < -0.39 is 25.1 Å². The molecule has 25 nitrogen and oxygen atoms in total. The number of rotatable bonds is 24. The largest absolute Gasteiger partial charge is 0.493 e. The van der Waals surface area contributed by atoms with Gasteiger partial charge in [0.2, 0.25) is 20.0 Å². The number of aliphatic hydroxyl groups is 1. The van der Waals surface area contributed by atoms with E-state index in [4.69, 9.17) is 14.6 Å². The Morgan fingerprint density at radius 2 is 1.14 bits per heavy atom. The number of likely N-dealkylation sites (tertiary alicyclic amines) is 2. The van der Waals surface area contributed by atoms with Crippen molar-refractivity contribution in [2.75, 3.05) is 65.7 Å². The van der Waals surface area contributed by atoms with Gasteiger partial charge in [0.1, 0.15) is 34.2 Å². The number of fused-ring (bicyclic) bond motifs is 2. The average Bonchev–Trinajstić information content (AvgIpc) is 3.82. The zero-order valence-electron chi connectivity index (χ0n) is 41.7. The van der Waals surface area contributed by atoms with E-state index in [0.29, 0.717) is 122 Å². The monoisotopic (exact) mass is 1050 g/mol. The van der Waals surface area contributed by atoms with Gasteiger partial charge in [-0.05, 0) is 75.9 Å². The standard InChI is InChI=1S/C23H31N7O7S.C23H32N6O5S/c1-4-7-18-20-21(28(3)26-18)23(31)25-22(24-20)17-12-16(8-9-19(17)36-5-2)38(34,35)27-15-13-29(14-15)10-6-11-37-30(32)33;1-4-7-18-20-21(28(3)26-18)23(31)25-22(24-20)17-12-16(8-9-19(17)34-5-2)35(32,33)27-15-13-29(14-15)10-6-11-30/h8-9,12,15,27H,4-7,10-11,13-14H2,1-3H3,(H,24,25,31);8-9,12,15,27,30H,4-7,10-11,13-14H2,1-3H3,(H,24,25,31). The Morgan fingerprint density at radius 1 is 0.712 bits per heavy atom. The predicted octanol–water partition coefficient (Wildman–Crippen LogP) is 2.26. The second-order valence-electron chi connectivity index (χ2n) is 17.7. The van der Waals surface area contributed by atoms with Crippen molar-refractivity contribution in [2.45, 2.75) is 88.1 Å². The minimum absolute atomic E-state index is 0.00422. The third-order valence-corrected chi connectivity index (χ3v) is 15.2.